The average molecular weight is 285 g/mol. The Balaban J connectivity index is 2.60. The van der Waals surface area contributed by atoms with Crippen LogP contribution < -0.4 is 11.1 Å². The number of carbonyl (C=O) groups excluding carboxylic acids is 2. The molecule has 20 heavy (non-hydrogen) atoms. The summed E-state index contributed by atoms with van der Waals surface area (Å²) in [5, 5.41) is 2.82. The van der Waals surface area contributed by atoms with Crippen molar-refractivity contribution in [1.82, 2.24) is 10.2 Å². The van der Waals surface area contributed by atoms with Crippen molar-refractivity contribution in [2.75, 3.05) is 20.6 Å². The normalized spacial score (nSPS) is 23.7. The van der Waals surface area contributed by atoms with E-state index in [4.69, 9.17) is 10.5 Å². The summed E-state index contributed by atoms with van der Waals surface area (Å²) in [5.41, 5.74) is 5.53. The van der Waals surface area contributed by atoms with Crippen molar-refractivity contribution in [1.29, 1.82) is 0 Å². The highest BCUT2D eigenvalue weighted by Gasteiger charge is 2.32. The van der Waals surface area contributed by atoms with Crippen LogP contribution in [0.25, 0.3) is 0 Å². The summed E-state index contributed by atoms with van der Waals surface area (Å²) in [6.45, 7) is 4.48. The number of nitrogens with one attached hydrogen (secondary N) is 1. The van der Waals surface area contributed by atoms with E-state index in [2.05, 4.69) is 5.32 Å². The second kappa shape index (κ2) is 7.59. The molecule has 1 saturated heterocycles. The monoisotopic (exact) mass is 285 g/mol. The van der Waals surface area contributed by atoms with Crippen molar-refractivity contribution in [3.05, 3.63) is 0 Å². The van der Waals surface area contributed by atoms with Crippen LogP contribution >= 0.6 is 0 Å². The molecule has 0 aromatic rings. The largest absolute Gasteiger partial charge is 0.364 e. The van der Waals surface area contributed by atoms with Gasteiger partial charge in [-0.15, -0.1) is 0 Å². The highest BCUT2D eigenvalue weighted by Crippen LogP contribution is 2.19. The zero-order chi connectivity index (χ0) is 15.3. The van der Waals surface area contributed by atoms with Crippen LogP contribution in [-0.4, -0.2) is 55.6 Å². The Labute approximate surface area is 121 Å². The zero-order valence-electron chi connectivity index (χ0n) is 12.9. The second-order valence-corrected chi connectivity index (χ2v) is 5.98. The van der Waals surface area contributed by atoms with E-state index in [1.807, 2.05) is 13.8 Å². The maximum Gasteiger partial charge on any atom is 0.249 e. The summed E-state index contributed by atoms with van der Waals surface area (Å²) in [5.74, 6) is 0.0349. The molecule has 3 N–H and O–H groups in total. The molecule has 1 aliphatic rings. The van der Waals surface area contributed by atoms with Crippen LogP contribution in [0.3, 0.4) is 0 Å². The van der Waals surface area contributed by atoms with E-state index in [1.54, 1.807) is 14.1 Å². The Morgan fingerprint density at radius 3 is 2.45 bits per heavy atom. The molecule has 0 radical (unpaired) electrons. The Morgan fingerprint density at radius 1 is 1.35 bits per heavy atom. The van der Waals surface area contributed by atoms with Gasteiger partial charge >= 0.3 is 0 Å². The molecule has 0 aromatic heterocycles. The molecular weight excluding hydrogens is 258 g/mol. The van der Waals surface area contributed by atoms with E-state index in [0.717, 1.165) is 6.42 Å². The molecule has 1 aliphatic heterocycles. The average Bonchev–Trinajstić information content (AvgIpc) is 2.85. The molecule has 1 fully saturated rings. The van der Waals surface area contributed by atoms with Crippen LogP contribution in [0.5, 0.6) is 0 Å². The molecule has 6 heteroatoms. The first kappa shape index (κ1) is 16.9. The van der Waals surface area contributed by atoms with Crippen LogP contribution in [0.4, 0.5) is 0 Å². The lowest BCUT2D eigenvalue weighted by Crippen LogP contribution is -2.50. The van der Waals surface area contributed by atoms with Gasteiger partial charge in [0.1, 0.15) is 12.1 Å². The molecule has 0 saturated carbocycles. The number of amides is 2. The molecule has 0 aliphatic carbocycles. The van der Waals surface area contributed by atoms with Gasteiger partial charge in [-0.1, -0.05) is 13.8 Å². The van der Waals surface area contributed by atoms with Gasteiger partial charge in [-0.2, -0.15) is 0 Å². The maximum absolute atomic E-state index is 12.2. The Hall–Kier alpha value is -1.14. The quantitative estimate of drug-likeness (QED) is 0.725. The van der Waals surface area contributed by atoms with Crippen LogP contribution in [0.15, 0.2) is 0 Å². The van der Waals surface area contributed by atoms with Crippen LogP contribution in [0.2, 0.25) is 0 Å². The zero-order valence-corrected chi connectivity index (χ0v) is 12.9. The Kier molecular flexibility index (Phi) is 6.42. The van der Waals surface area contributed by atoms with Crippen molar-refractivity contribution in [2.24, 2.45) is 11.7 Å². The van der Waals surface area contributed by atoms with Crippen molar-refractivity contribution in [2.45, 2.75) is 51.4 Å². The van der Waals surface area contributed by atoms with Crippen LogP contribution in [0, 0.1) is 5.92 Å². The van der Waals surface area contributed by atoms with E-state index in [9.17, 15) is 9.59 Å². The molecular formula is C14H27N3O3. The SMILES string of the molecule is CC(C)CC(NC(=O)C1CCC(CN)O1)C(=O)N(C)C. The van der Waals surface area contributed by atoms with Gasteiger partial charge in [0.05, 0.1) is 6.10 Å². The van der Waals surface area contributed by atoms with E-state index in [-0.39, 0.29) is 17.9 Å². The van der Waals surface area contributed by atoms with E-state index >= 15 is 0 Å². The van der Waals surface area contributed by atoms with Crippen molar-refractivity contribution < 1.29 is 14.3 Å². The molecule has 116 valence electrons. The first-order valence-corrected chi connectivity index (χ1v) is 7.22. The topological polar surface area (TPSA) is 84.7 Å². The number of nitrogens with zero attached hydrogens (tertiary/aromatic N) is 1. The number of hydrogen-bond donors (Lipinski definition) is 2. The summed E-state index contributed by atoms with van der Waals surface area (Å²) >= 11 is 0. The lowest BCUT2D eigenvalue weighted by atomic mass is 10.0. The lowest BCUT2D eigenvalue weighted by Gasteiger charge is -2.24. The van der Waals surface area contributed by atoms with Crippen molar-refractivity contribution in [3.8, 4) is 0 Å². The van der Waals surface area contributed by atoms with E-state index < -0.39 is 12.1 Å². The molecule has 1 heterocycles. The predicted molar refractivity (Wildman–Crippen MR) is 77.0 cm³/mol. The third-order valence-electron chi connectivity index (χ3n) is 3.43. The number of carbonyl (C=O) groups is 2. The van der Waals surface area contributed by atoms with Gasteiger partial charge in [-0.25, -0.2) is 0 Å². The predicted octanol–water partition coefficient (Wildman–Crippen LogP) is 0.112. The Morgan fingerprint density at radius 2 is 2.00 bits per heavy atom. The van der Waals surface area contributed by atoms with Gasteiger partial charge in [0.15, 0.2) is 0 Å². The summed E-state index contributed by atoms with van der Waals surface area (Å²) in [7, 11) is 3.39. The van der Waals surface area contributed by atoms with Crippen molar-refractivity contribution >= 4 is 11.8 Å². The molecule has 2 amide bonds. The fourth-order valence-electron chi connectivity index (χ4n) is 2.34. The highest BCUT2D eigenvalue weighted by atomic mass is 16.5. The minimum absolute atomic E-state index is 0.0427. The summed E-state index contributed by atoms with van der Waals surface area (Å²) in [6, 6.07) is -0.488. The first-order valence-electron chi connectivity index (χ1n) is 7.22. The van der Waals surface area contributed by atoms with Crippen molar-refractivity contribution in [3.63, 3.8) is 0 Å². The second-order valence-electron chi connectivity index (χ2n) is 5.98. The molecule has 6 nitrogen and oxygen atoms in total. The fraction of sp³-hybridized carbons (Fsp3) is 0.857. The molecule has 0 bridgehead atoms. The smallest absolute Gasteiger partial charge is 0.249 e. The van der Waals surface area contributed by atoms with Gasteiger partial charge in [-0.3, -0.25) is 9.59 Å². The minimum Gasteiger partial charge on any atom is -0.364 e. The van der Waals surface area contributed by atoms with Gasteiger partial charge in [0.2, 0.25) is 11.8 Å². The first-order chi connectivity index (χ1) is 9.35. The Bertz CT molecular complexity index is 345. The fourth-order valence-corrected chi connectivity index (χ4v) is 2.34. The summed E-state index contributed by atoms with van der Waals surface area (Å²) in [4.78, 5) is 25.8. The highest BCUT2D eigenvalue weighted by molar-refractivity contribution is 5.89. The molecule has 1 rings (SSSR count). The van der Waals surface area contributed by atoms with E-state index in [1.165, 1.54) is 4.90 Å². The van der Waals surface area contributed by atoms with Gasteiger partial charge in [0.25, 0.3) is 0 Å². The van der Waals surface area contributed by atoms with Gasteiger partial charge in [-0.05, 0) is 25.2 Å². The number of nitrogens with two attached hydrogens (primary N) is 1. The third kappa shape index (κ3) is 4.76. The van der Waals surface area contributed by atoms with Crippen LogP contribution in [0.1, 0.15) is 33.1 Å². The lowest BCUT2D eigenvalue weighted by molar-refractivity contribution is -0.139. The third-order valence-corrected chi connectivity index (χ3v) is 3.43. The summed E-state index contributed by atoms with van der Waals surface area (Å²) in [6.07, 6.45) is 1.56. The number of rotatable bonds is 6. The standard InChI is InChI=1S/C14H27N3O3/c1-9(2)7-11(14(19)17(3)4)16-13(18)12-6-5-10(8-15)20-12/h9-12H,5-8,15H2,1-4H3,(H,16,18). The minimum atomic E-state index is -0.488. The molecule has 3 unspecified atom stereocenters. The van der Waals surface area contributed by atoms with Crippen LogP contribution in [-0.2, 0) is 14.3 Å². The van der Waals surface area contributed by atoms with Gasteiger partial charge < -0.3 is 20.7 Å². The van der Waals surface area contributed by atoms with Gasteiger partial charge in [0, 0.05) is 20.6 Å². The number of ether oxygens (including phenoxy) is 1. The molecule has 0 aromatic carbocycles. The molecule has 0 spiro atoms. The molecule has 3 atom stereocenters. The van der Waals surface area contributed by atoms with E-state index in [0.29, 0.717) is 25.3 Å². The number of hydrogen-bond acceptors (Lipinski definition) is 4. The maximum atomic E-state index is 12.2. The summed E-state index contributed by atoms with van der Waals surface area (Å²) < 4.78 is 5.56. The number of likely N-dealkylation sites (N-methyl/N-ethyl adjacent to an activating group) is 1.